The third-order valence-electron chi connectivity index (χ3n) is 2.59. The summed E-state index contributed by atoms with van der Waals surface area (Å²) >= 11 is 0. The average Bonchev–Trinajstić information content (AvgIpc) is 2.36. The molecule has 128 valence electrons. The van der Waals surface area contributed by atoms with Gasteiger partial charge in [0, 0.05) is 12.1 Å². The van der Waals surface area contributed by atoms with E-state index in [1.807, 2.05) is 0 Å². The average molecular weight is 364 g/mol. The molecule has 1 rings (SSSR count). The second kappa shape index (κ2) is 9.70. The van der Waals surface area contributed by atoms with Crippen LogP contribution in [-0.4, -0.2) is 29.7 Å². The second-order valence-electron chi connectivity index (χ2n) is 4.43. The molecule has 22 heavy (non-hydrogen) atoms. The number of nitrogens with two attached hydrogens (primary N) is 1. The highest BCUT2D eigenvalue weighted by Crippen LogP contribution is 2.18. The lowest BCUT2D eigenvalue weighted by Gasteiger charge is -2.15. The smallest absolute Gasteiger partial charge is 0.422 e. The summed E-state index contributed by atoms with van der Waals surface area (Å²) in [5, 5.41) is 2.56. The van der Waals surface area contributed by atoms with Crippen molar-refractivity contribution in [2.24, 2.45) is 11.7 Å². The van der Waals surface area contributed by atoms with Crippen molar-refractivity contribution in [3.8, 4) is 5.88 Å². The fourth-order valence-corrected chi connectivity index (χ4v) is 1.19. The Bertz CT molecular complexity index is 456. The summed E-state index contributed by atoms with van der Waals surface area (Å²) < 4.78 is 40.3. The number of carbonyl (C=O) groups excluding carboxylic acids is 1. The molecule has 0 aliphatic carbocycles. The van der Waals surface area contributed by atoms with Gasteiger partial charge in [-0.05, 0) is 13.0 Å². The lowest BCUT2D eigenvalue weighted by Crippen LogP contribution is -2.34. The Morgan fingerprint density at radius 1 is 1.36 bits per heavy atom. The van der Waals surface area contributed by atoms with Gasteiger partial charge in [-0.15, -0.1) is 24.8 Å². The predicted molar refractivity (Wildman–Crippen MR) is 81.7 cm³/mol. The lowest BCUT2D eigenvalue weighted by molar-refractivity contribution is -0.154. The summed E-state index contributed by atoms with van der Waals surface area (Å²) in [6.45, 7) is 1.97. The van der Waals surface area contributed by atoms with Crippen molar-refractivity contribution in [1.82, 2.24) is 4.98 Å². The van der Waals surface area contributed by atoms with Gasteiger partial charge in [0.25, 0.3) is 0 Å². The number of hydrogen-bond acceptors (Lipinski definition) is 4. The molecule has 1 heterocycles. The Morgan fingerprint density at radius 3 is 2.36 bits per heavy atom. The number of amides is 1. The van der Waals surface area contributed by atoms with Gasteiger partial charge in [-0.3, -0.25) is 4.79 Å². The topological polar surface area (TPSA) is 77.2 Å². The summed E-state index contributed by atoms with van der Waals surface area (Å²) in [5.41, 5.74) is 5.95. The number of hydrogen-bond donors (Lipinski definition) is 2. The molecule has 0 aliphatic rings. The Morgan fingerprint density at radius 2 is 1.95 bits per heavy atom. The summed E-state index contributed by atoms with van der Waals surface area (Å²) in [4.78, 5) is 15.4. The van der Waals surface area contributed by atoms with E-state index in [0.717, 1.165) is 0 Å². The third kappa shape index (κ3) is 8.26. The van der Waals surface area contributed by atoms with Gasteiger partial charge < -0.3 is 15.8 Å². The maximum atomic E-state index is 11.9. The molecule has 2 unspecified atom stereocenters. The quantitative estimate of drug-likeness (QED) is 0.842. The molecule has 3 N–H and O–H groups in total. The number of alkyl halides is 3. The summed E-state index contributed by atoms with van der Waals surface area (Å²) in [5.74, 6) is -0.845. The number of nitrogens with zero attached hydrogens (tertiary/aromatic N) is 1. The van der Waals surface area contributed by atoms with Crippen LogP contribution in [0.3, 0.4) is 0 Å². The summed E-state index contributed by atoms with van der Waals surface area (Å²) in [6, 6.07) is 2.35. The molecule has 1 aromatic rings. The van der Waals surface area contributed by atoms with Gasteiger partial charge in [0.2, 0.25) is 11.8 Å². The van der Waals surface area contributed by atoms with Crippen LogP contribution in [0.2, 0.25) is 0 Å². The second-order valence-corrected chi connectivity index (χ2v) is 4.43. The van der Waals surface area contributed by atoms with Gasteiger partial charge in [-0.25, -0.2) is 4.98 Å². The van der Waals surface area contributed by atoms with Crippen LogP contribution >= 0.6 is 24.8 Å². The maximum absolute atomic E-state index is 11.9. The minimum Gasteiger partial charge on any atom is -0.468 e. The number of halogens is 5. The molecule has 2 atom stereocenters. The minimum atomic E-state index is -4.42. The van der Waals surface area contributed by atoms with Crippen LogP contribution in [0.15, 0.2) is 18.3 Å². The van der Waals surface area contributed by atoms with E-state index in [9.17, 15) is 18.0 Å². The first kappa shape index (κ1) is 23.0. The largest absolute Gasteiger partial charge is 0.468 e. The normalized spacial score (nSPS) is 13.2. The monoisotopic (exact) mass is 363 g/mol. The van der Waals surface area contributed by atoms with E-state index < -0.39 is 18.7 Å². The Labute approximate surface area is 138 Å². The molecular weight excluding hydrogens is 346 g/mol. The molecule has 0 spiro atoms. The lowest BCUT2D eigenvalue weighted by atomic mass is 10.0. The summed E-state index contributed by atoms with van der Waals surface area (Å²) in [7, 11) is 0. The van der Waals surface area contributed by atoms with Gasteiger partial charge in [0.1, 0.15) is 0 Å². The standard InChI is InChI=1S/C12H16F3N3O2.2ClH/c1-7(8(2)16)11(19)18-9-3-4-10(17-5-9)20-6-12(13,14)15;;/h3-5,7-8H,6,16H2,1-2H3,(H,18,19);2*1H. The number of ether oxygens (including phenoxy) is 1. The van der Waals surface area contributed by atoms with Gasteiger partial charge in [-0.1, -0.05) is 6.92 Å². The van der Waals surface area contributed by atoms with Crippen LogP contribution in [0, 0.1) is 5.92 Å². The maximum Gasteiger partial charge on any atom is 0.422 e. The molecule has 1 aromatic heterocycles. The minimum absolute atomic E-state index is 0. The van der Waals surface area contributed by atoms with E-state index in [1.165, 1.54) is 18.3 Å². The van der Waals surface area contributed by atoms with E-state index in [2.05, 4.69) is 15.0 Å². The Kier molecular flexibility index (Phi) is 10.2. The molecular formula is C12H18Cl2F3N3O2. The number of rotatable bonds is 5. The first-order valence-corrected chi connectivity index (χ1v) is 5.91. The van der Waals surface area contributed by atoms with Crippen LogP contribution in [0.1, 0.15) is 13.8 Å². The van der Waals surface area contributed by atoms with Crippen molar-refractivity contribution in [3.05, 3.63) is 18.3 Å². The molecule has 0 aromatic carbocycles. The van der Waals surface area contributed by atoms with Crippen LogP contribution in [-0.2, 0) is 4.79 Å². The molecule has 0 radical (unpaired) electrons. The van der Waals surface area contributed by atoms with Crippen LogP contribution in [0.4, 0.5) is 18.9 Å². The van der Waals surface area contributed by atoms with E-state index in [-0.39, 0.29) is 42.6 Å². The van der Waals surface area contributed by atoms with E-state index >= 15 is 0 Å². The molecule has 1 amide bonds. The fraction of sp³-hybridized carbons (Fsp3) is 0.500. The van der Waals surface area contributed by atoms with Crippen molar-refractivity contribution in [3.63, 3.8) is 0 Å². The predicted octanol–water partition coefficient (Wildman–Crippen LogP) is 2.79. The number of pyridine rings is 1. The first-order chi connectivity index (χ1) is 9.19. The number of carbonyl (C=O) groups is 1. The zero-order valence-electron chi connectivity index (χ0n) is 11.9. The van der Waals surface area contributed by atoms with Crippen LogP contribution in [0.5, 0.6) is 5.88 Å². The molecule has 0 aliphatic heterocycles. The van der Waals surface area contributed by atoms with Crippen molar-refractivity contribution < 1.29 is 22.7 Å². The third-order valence-corrected chi connectivity index (χ3v) is 2.59. The number of nitrogens with one attached hydrogen (secondary N) is 1. The van der Waals surface area contributed by atoms with Crippen molar-refractivity contribution in [2.45, 2.75) is 26.1 Å². The van der Waals surface area contributed by atoms with Crippen molar-refractivity contribution in [1.29, 1.82) is 0 Å². The molecule has 0 saturated carbocycles. The van der Waals surface area contributed by atoms with Crippen LogP contribution in [0.25, 0.3) is 0 Å². The Balaban J connectivity index is 0. The molecule has 0 bridgehead atoms. The van der Waals surface area contributed by atoms with Crippen molar-refractivity contribution in [2.75, 3.05) is 11.9 Å². The van der Waals surface area contributed by atoms with Crippen molar-refractivity contribution >= 4 is 36.4 Å². The van der Waals surface area contributed by atoms with Crippen LogP contribution < -0.4 is 15.8 Å². The van der Waals surface area contributed by atoms with Gasteiger partial charge in [0.05, 0.1) is 17.8 Å². The van der Waals surface area contributed by atoms with E-state index in [0.29, 0.717) is 5.69 Å². The number of aromatic nitrogens is 1. The Hall–Kier alpha value is -1.25. The van der Waals surface area contributed by atoms with Gasteiger partial charge >= 0.3 is 6.18 Å². The zero-order valence-corrected chi connectivity index (χ0v) is 13.5. The van der Waals surface area contributed by atoms with Gasteiger partial charge in [-0.2, -0.15) is 13.2 Å². The molecule has 0 fully saturated rings. The highest BCUT2D eigenvalue weighted by Gasteiger charge is 2.28. The van der Waals surface area contributed by atoms with E-state index in [4.69, 9.17) is 5.73 Å². The highest BCUT2D eigenvalue weighted by molar-refractivity contribution is 5.92. The molecule has 0 saturated heterocycles. The van der Waals surface area contributed by atoms with E-state index in [1.54, 1.807) is 13.8 Å². The SMILES string of the molecule is CC(N)C(C)C(=O)Nc1ccc(OCC(F)(F)F)nc1.Cl.Cl. The fourth-order valence-electron chi connectivity index (χ4n) is 1.19. The number of anilines is 1. The first-order valence-electron chi connectivity index (χ1n) is 5.91. The van der Waals surface area contributed by atoms with Gasteiger partial charge in [0.15, 0.2) is 6.61 Å². The highest BCUT2D eigenvalue weighted by atomic mass is 35.5. The molecule has 10 heteroatoms. The molecule has 5 nitrogen and oxygen atoms in total. The zero-order chi connectivity index (χ0) is 15.3. The summed E-state index contributed by atoms with van der Waals surface area (Å²) in [6.07, 6.45) is -3.20.